The van der Waals surface area contributed by atoms with Crippen molar-refractivity contribution in [1.82, 2.24) is 4.90 Å². The van der Waals surface area contributed by atoms with Crippen molar-refractivity contribution >= 4 is 17.5 Å². The zero-order chi connectivity index (χ0) is 13.3. The van der Waals surface area contributed by atoms with Crippen molar-refractivity contribution in [3.05, 3.63) is 28.8 Å². The fraction of sp³-hybridized carbons (Fsp3) is 0.500. The molecule has 1 aromatic rings. The van der Waals surface area contributed by atoms with E-state index in [2.05, 4.69) is 6.92 Å². The van der Waals surface area contributed by atoms with E-state index in [-0.39, 0.29) is 11.8 Å². The molecule has 0 spiro atoms. The van der Waals surface area contributed by atoms with Gasteiger partial charge in [-0.15, -0.1) is 0 Å². The van der Waals surface area contributed by atoms with E-state index in [1.807, 2.05) is 19.2 Å². The Morgan fingerprint density at radius 2 is 2.22 bits per heavy atom. The van der Waals surface area contributed by atoms with Crippen LogP contribution in [0.1, 0.15) is 18.9 Å². The van der Waals surface area contributed by atoms with Crippen molar-refractivity contribution in [1.29, 1.82) is 0 Å². The number of hydrogen-bond donors (Lipinski definition) is 0. The first-order chi connectivity index (χ1) is 8.52. The summed E-state index contributed by atoms with van der Waals surface area (Å²) in [5.41, 5.74) is 0.939. The maximum atomic E-state index is 12.1. The average molecular weight is 268 g/mol. The Morgan fingerprint density at radius 3 is 2.78 bits per heavy atom. The van der Waals surface area contributed by atoms with E-state index in [0.29, 0.717) is 17.5 Å². The highest BCUT2D eigenvalue weighted by Crippen LogP contribution is 2.39. The Balaban J connectivity index is 2.08. The minimum Gasteiger partial charge on any atom is -0.496 e. The van der Waals surface area contributed by atoms with E-state index in [9.17, 15) is 4.79 Å². The lowest BCUT2D eigenvalue weighted by molar-refractivity contribution is -0.132. The predicted molar refractivity (Wildman–Crippen MR) is 71.7 cm³/mol. The average Bonchev–Trinajstić information content (AvgIpc) is 3.05. The summed E-state index contributed by atoms with van der Waals surface area (Å²) in [5, 5.41) is 0.659. The second-order valence-electron chi connectivity index (χ2n) is 4.97. The van der Waals surface area contributed by atoms with Gasteiger partial charge in [-0.05, 0) is 30.5 Å². The third-order valence-electron chi connectivity index (χ3n) is 3.45. The molecule has 1 aromatic carbocycles. The predicted octanol–water partition coefficient (Wildman–Crippen LogP) is 2.96. The quantitative estimate of drug-likeness (QED) is 0.839. The van der Waals surface area contributed by atoms with Crippen molar-refractivity contribution in [2.24, 2.45) is 11.8 Å². The summed E-state index contributed by atoms with van der Waals surface area (Å²) < 4.78 is 5.28. The maximum absolute atomic E-state index is 12.1. The van der Waals surface area contributed by atoms with Gasteiger partial charge in [-0.1, -0.05) is 18.5 Å². The van der Waals surface area contributed by atoms with Crippen LogP contribution in [0.15, 0.2) is 18.2 Å². The molecule has 3 nitrogen and oxygen atoms in total. The molecular formula is C14H18ClNO2. The Bertz CT molecular complexity index is 461. The van der Waals surface area contributed by atoms with Gasteiger partial charge in [0.25, 0.3) is 0 Å². The van der Waals surface area contributed by atoms with E-state index in [1.165, 1.54) is 0 Å². The zero-order valence-electron chi connectivity index (χ0n) is 10.9. The van der Waals surface area contributed by atoms with Crippen LogP contribution >= 0.6 is 11.6 Å². The normalized spacial score (nSPS) is 21.6. The van der Waals surface area contributed by atoms with Crippen LogP contribution in [0.4, 0.5) is 0 Å². The van der Waals surface area contributed by atoms with Crippen LogP contribution in [0.3, 0.4) is 0 Å². The van der Waals surface area contributed by atoms with Gasteiger partial charge < -0.3 is 9.64 Å². The lowest BCUT2D eigenvalue weighted by Gasteiger charge is -2.19. The van der Waals surface area contributed by atoms with Crippen LogP contribution < -0.4 is 4.74 Å². The van der Waals surface area contributed by atoms with E-state index in [0.717, 1.165) is 17.7 Å². The van der Waals surface area contributed by atoms with E-state index >= 15 is 0 Å². The van der Waals surface area contributed by atoms with Crippen molar-refractivity contribution < 1.29 is 9.53 Å². The standard InChI is InChI=1S/C14H18ClNO2/c1-9-6-12(9)14(17)16(2)8-10-7-11(15)4-5-13(10)18-3/h4-5,7,9,12H,6,8H2,1-3H3/t9-,12-/m0/s1. The SMILES string of the molecule is COc1ccc(Cl)cc1CN(C)C(=O)[C@H]1C[C@@H]1C. The molecule has 1 amide bonds. The molecule has 1 saturated carbocycles. The van der Waals surface area contributed by atoms with Gasteiger partial charge in [0.05, 0.1) is 7.11 Å². The number of methoxy groups -OCH3 is 1. The molecular weight excluding hydrogens is 250 g/mol. The highest BCUT2D eigenvalue weighted by Gasteiger charge is 2.40. The molecule has 0 unspecified atom stereocenters. The molecule has 0 heterocycles. The Hall–Kier alpha value is -1.22. The number of hydrogen-bond acceptors (Lipinski definition) is 2. The first-order valence-corrected chi connectivity index (χ1v) is 6.48. The zero-order valence-corrected chi connectivity index (χ0v) is 11.7. The van der Waals surface area contributed by atoms with Gasteiger partial charge >= 0.3 is 0 Å². The summed E-state index contributed by atoms with van der Waals surface area (Å²) in [6.45, 7) is 2.64. The molecule has 2 atom stereocenters. The molecule has 1 aliphatic carbocycles. The molecule has 0 bridgehead atoms. The van der Waals surface area contributed by atoms with Crippen LogP contribution in [-0.2, 0) is 11.3 Å². The summed E-state index contributed by atoms with van der Waals surface area (Å²) in [7, 11) is 3.45. The maximum Gasteiger partial charge on any atom is 0.226 e. The molecule has 1 fully saturated rings. The Kier molecular flexibility index (Phi) is 3.81. The van der Waals surface area contributed by atoms with E-state index in [1.54, 1.807) is 18.1 Å². The minimum atomic E-state index is 0.208. The molecule has 2 rings (SSSR count). The van der Waals surface area contributed by atoms with Crippen LogP contribution in [-0.4, -0.2) is 25.0 Å². The van der Waals surface area contributed by atoms with Gasteiger partial charge in [0.2, 0.25) is 5.91 Å². The second kappa shape index (κ2) is 5.19. The molecule has 0 N–H and O–H groups in total. The summed E-state index contributed by atoms with van der Waals surface area (Å²) >= 11 is 5.98. The van der Waals surface area contributed by atoms with Crippen molar-refractivity contribution in [3.8, 4) is 5.75 Å². The fourth-order valence-electron chi connectivity index (χ4n) is 2.15. The third kappa shape index (κ3) is 2.78. The lowest BCUT2D eigenvalue weighted by atomic mass is 10.2. The van der Waals surface area contributed by atoms with Gasteiger partial charge in [-0.25, -0.2) is 0 Å². The summed E-state index contributed by atoms with van der Waals surface area (Å²) in [4.78, 5) is 13.8. The van der Waals surface area contributed by atoms with Gasteiger partial charge in [-0.3, -0.25) is 4.79 Å². The molecule has 0 aromatic heterocycles. The number of benzene rings is 1. The van der Waals surface area contributed by atoms with Gasteiger partial charge in [0, 0.05) is 30.1 Å². The summed E-state index contributed by atoms with van der Waals surface area (Å²) in [5.74, 6) is 1.72. The minimum absolute atomic E-state index is 0.208. The molecule has 1 aliphatic rings. The van der Waals surface area contributed by atoms with Crippen molar-refractivity contribution in [3.63, 3.8) is 0 Å². The van der Waals surface area contributed by atoms with Crippen LogP contribution in [0.5, 0.6) is 5.75 Å². The first-order valence-electron chi connectivity index (χ1n) is 6.10. The molecule has 4 heteroatoms. The molecule has 0 saturated heterocycles. The number of nitrogens with zero attached hydrogens (tertiary/aromatic N) is 1. The van der Waals surface area contributed by atoms with Gasteiger partial charge in [0.1, 0.15) is 5.75 Å². The molecule has 0 aliphatic heterocycles. The van der Waals surface area contributed by atoms with Crippen molar-refractivity contribution in [2.45, 2.75) is 19.9 Å². The monoisotopic (exact) mass is 267 g/mol. The second-order valence-corrected chi connectivity index (χ2v) is 5.41. The summed E-state index contributed by atoms with van der Waals surface area (Å²) in [6.07, 6.45) is 1.01. The Labute approximate surface area is 113 Å². The smallest absolute Gasteiger partial charge is 0.226 e. The van der Waals surface area contributed by atoms with Crippen LogP contribution in [0.25, 0.3) is 0 Å². The largest absolute Gasteiger partial charge is 0.496 e. The van der Waals surface area contributed by atoms with Gasteiger partial charge in [0.15, 0.2) is 0 Å². The van der Waals surface area contributed by atoms with Crippen LogP contribution in [0.2, 0.25) is 5.02 Å². The Morgan fingerprint density at radius 1 is 1.56 bits per heavy atom. The lowest BCUT2D eigenvalue weighted by Crippen LogP contribution is -2.28. The summed E-state index contributed by atoms with van der Waals surface area (Å²) in [6, 6.07) is 5.46. The van der Waals surface area contributed by atoms with Gasteiger partial charge in [-0.2, -0.15) is 0 Å². The van der Waals surface area contributed by atoms with E-state index in [4.69, 9.17) is 16.3 Å². The highest BCUT2D eigenvalue weighted by molar-refractivity contribution is 6.30. The molecule has 18 heavy (non-hydrogen) atoms. The number of halogens is 1. The number of carbonyl (C=O) groups excluding carboxylic acids is 1. The molecule has 98 valence electrons. The number of ether oxygens (including phenoxy) is 1. The third-order valence-corrected chi connectivity index (χ3v) is 3.69. The number of rotatable bonds is 4. The van der Waals surface area contributed by atoms with Crippen molar-refractivity contribution in [2.75, 3.05) is 14.2 Å². The molecule has 0 radical (unpaired) electrons. The number of amides is 1. The first kappa shape index (κ1) is 13.2. The highest BCUT2D eigenvalue weighted by atomic mass is 35.5. The fourth-order valence-corrected chi connectivity index (χ4v) is 2.35. The van der Waals surface area contributed by atoms with Crippen LogP contribution in [0, 0.1) is 11.8 Å². The topological polar surface area (TPSA) is 29.5 Å². The number of carbonyl (C=O) groups is 1. The van der Waals surface area contributed by atoms with E-state index < -0.39 is 0 Å².